The van der Waals surface area contributed by atoms with Crippen LogP contribution in [0.4, 0.5) is 0 Å². The van der Waals surface area contributed by atoms with E-state index in [9.17, 15) is 8.42 Å². The van der Waals surface area contributed by atoms with Gasteiger partial charge < -0.3 is 0 Å². The summed E-state index contributed by atoms with van der Waals surface area (Å²) < 4.78 is 22.2. The fourth-order valence-corrected chi connectivity index (χ4v) is 2.34. The first-order valence-electron chi connectivity index (χ1n) is 3.28. The van der Waals surface area contributed by atoms with Crippen LogP contribution in [-0.2, 0) is 9.84 Å². The van der Waals surface area contributed by atoms with Crippen molar-refractivity contribution in [3.8, 4) is 0 Å². The predicted octanol–water partition coefficient (Wildman–Crippen LogP) is 1.61. The maximum Gasteiger partial charge on any atom is 0.155 e. The van der Waals surface area contributed by atoms with Crippen molar-refractivity contribution in [3.63, 3.8) is 0 Å². The largest absolute Gasteiger partial charge is 0.228 e. The predicted molar refractivity (Wildman–Crippen MR) is 43.8 cm³/mol. The Kier molecular flexibility index (Phi) is 2.89. The minimum absolute atomic E-state index is 0. The first kappa shape index (κ1) is 9.95. The summed E-state index contributed by atoms with van der Waals surface area (Å²) in [5, 5.41) is -0.164. The molecule has 10 heavy (non-hydrogen) atoms. The topological polar surface area (TPSA) is 34.1 Å². The summed E-state index contributed by atoms with van der Waals surface area (Å²) in [4.78, 5) is 0. The summed E-state index contributed by atoms with van der Waals surface area (Å²) in [5.74, 6) is 0. The maximum atomic E-state index is 11.1. The third-order valence-corrected chi connectivity index (χ3v) is 4.36. The molecular formula is C7H16O2S. The summed E-state index contributed by atoms with van der Waals surface area (Å²) in [6.45, 7) is 3.49. The molecule has 0 aliphatic heterocycles. The molecule has 0 atom stereocenters. The monoisotopic (exact) mass is 164 g/mol. The molecule has 3 heteroatoms. The van der Waals surface area contributed by atoms with Gasteiger partial charge in [0, 0.05) is 0 Å². The lowest BCUT2D eigenvalue weighted by Gasteiger charge is -2.03. The highest BCUT2D eigenvalue weighted by molar-refractivity contribution is 7.92. The fourth-order valence-electron chi connectivity index (χ4n) is 0.781. The molecule has 1 aliphatic rings. The number of hydrogen-bond acceptors (Lipinski definition) is 2. The lowest BCUT2D eigenvalue weighted by Crippen LogP contribution is -2.18. The molecular weight excluding hydrogens is 148 g/mol. The molecule has 0 amide bonds. The van der Waals surface area contributed by atoms with E-state index in [0.717, 1.165) is 12.8 Å². The van der Waals surface area contributed by atoms with Crippen LogP contribution < -0.4 is 0 Å². The van der Waals surface area contributed by atoms with Gasteiger partial charge in [-0.1, -0.05) is 7.43 Å². The van der Waals surface area contributed by atoms with Crippen molar-refractivity contribution in [1.29, 1.82) is 0 Å². The summed E-state index contributed by atoms with van der Waals surface area (Å²) in [6.07, 6.45) is 1.78. The van der Waals surface area contributed by atoms with Gasteiger partial charge in [-0.15, -0.1) is 0 Å². The molecule has 0 aromatic heterocycles. The van der Waals surface area contributed by atoms with Crippen molar-refractivity contribution in [3.05, 3.63) is 0 Å². The highest BCUT2D eigenvalue weighted by atomic mass is 32.2. The van der Waals surface area contributed by atoms with Gasteiger partial charge in [-0.05, 0) is 26.7 Å². The lowest BCUT2D eigenvalue weighted by molar-refractivity contribution is 0.586. The van der Waals surface area contributed by atoms with Crippen LogP contribution in [0.3, 0.4) is 0 Å². The molecule has 0 saturated heterocycles. The Morgan fingerprint density at radius 2 is 1.70 bits per heavy atom. The van der Waals surface area contributed by atoms with Crippen LogP contribution in [0.5, 0.6) is 0 Å². The Bertz CT molecular complexity index is 180. The zero-order valence-corrected chi connectivity index (χ0v) is 6.61. The van der Waals surface area contributed by atoms with Crippen LogP contribution in [0.15, 0.2) is 0 Å². The highest BCUT2D eigenvalue weighted by Gasteiger charge is 2.37. The fraction of sp³-hybridized carbons (Fsp3) is 1.00. The first-order chi connectivity index (χ1) is 4.05. The molecule has 1 aliphatic carbocycles. The number of rotatable bonds is 2. The van der Waals surface area contributed by atoms with Gasteiger partial charge in [-0.2, -0.15) is 0 Å². The van der Waals surface area contributed by atoms with E-state index < -0.39 is 9.84 Å². The van der Waals surface area contributed by atoms with E-state index in [2.05, 4.69) is 0 Å². The quantitative estimate of drug-likeness (QED) is 0.621. The molecule has 0 aromatic carbocycles. The van der Waals surface area contributed by atoms with E-state index in [-0.39, 0.29) is 17.9 Å². The SMILES string of the molecule is C.CC(C)S(=O)(=O)C1CC1. The van der Waals surface area contributed by atoms with E-state index in [0.29, 0.717) is 0 Å². The second-order valence-electron chi connectivity index (χ2n) is 2.84. The Balaban J connectivity index is 0.000000810. The van der Waals surface area contributed by atoms with E-state index in [4.69, 9.17) is 0 Å². The minimum Gasteiger partial charge on any atom is -0.228 e. The molecule has 1 saturated carbocycles. The standard InChI is InChI=1S/C6H12O2S.CH4/c1-5(2)9(7,8)6-3-4-6;/h5-6H,3-4H2,1-2H3;1H4. The number of sulfone groups is 1. The van der Waals surface area contributed by atoms with Gasteiger partial charge >= 0.3 is 0 Å². The highest BCUT2D eigenvalue weighted by Crippen LogP contribution is 2.30. The molecule has 0 N–H and O–H groups in total. The molecule has 62 valence electrons. The normalized spacial score (nSPS) is 18.7. The number of hydrogen-bond donors (Lipinski definition) is 0. The van der Waals surface area contributed by atoms with Gasteiger partial charge in [0.2, 0.25) is 0 Å². The molecule has 1 fully saturated rings. The van der Waals surface area contributed by atoms with Crippen molar-refractivity contribution in [2.75, 3.05) is 0 Å². The van der Waals surface area contributed by atoms with Crippen molar-refractivity contribution < 1.29 is 8.42 Å². The molecule has 0 unspecified atom stereocenters. The van der Waals surface area contributed by atoms with Gasteiger partial charge in [0.1, 0.15) is 0 Å². The molecule has 0 spiro atoms. The Morgan fingerprint density at radius 3 is 1.80 bits per heavy atom. The molecule has 0 aromatic rings. The van der Waals surface area contributed by atoms with Gasteiger partial charge in [-0.3, -0.25) is 0 Å². The average Bonchev–Trinajstić information content (AvgIpc) is 2.42. The molecule has 0 heterocycles. The van der Waals surface area contributed by atoms with Gasteiger partial charge in [0.15, 0.2) is 9.84 Å². The lowest BCUT2D eigenvalue weighted by atomic mass is 10.6. The summed E-state index contributed by atoms with van der Waals surface area (Å²) in [7, 11) is -2.70. The van der Waals surface area contributed by atoms with Crippen LogP contribution in [-0.4, -0.2) is 18.9 Å². The van der Waals surface area contributed by atoms with E-state index >= 15 is 0 Å². The second kappa shape index (κ2) is 2.91. The summed E-state index contributed by atoms with van der Waals surface area (Å²) in [5.41, 5.74) is 0. The van der Waals surface area contributed by atoms with E-state index in [1.807, 2.05) is 0 Å². The van der Waals surface area contributed by atoms with Crippen LogP contribution in [0.2, 0.25) is 0 Å². The summed E-state index contributed by atoms with van der Waals surface area (Å²) in [6, 6.07) is 0. The van der Waals surface area contributed by atoms with Crippen LogP contribution in [0, 0.1) is 0 Å². The Hall–Kier alpha value is -0.0500. The smallest absolute Gasteiger partial charge is 0.155 e. The Labute approximate surface area is 63.6 Å². The zero-order valence-electron chi connectivity index (χ0n) is 5.79. The second-order valence-corrected chi connectivity index (χ2v) is 5.62. The van der Waals surface area contributed by atoms with Gasteiger partial charge in [0.25, 0.3) is 0 Å². The Morgan fingerprint density at radius 1 is 1.30 bits per heavy atom. The molecule has 0 bridgehead atoms. The summed E-state index contributed by atoms with van der Waals surface area (Å²) >= 11 is 0. The maximum absolute atomic E-state index is 11.1. The van der Waals surface area contributed by atoms with E-state index in [1.165, 1.54) is 0 Å². The van der Waals surface area contributed by atoms with Gasteiger partial charge in [-0.25, -0.2) is 8.42 Å². The van der Waals surface area contributed by atoms with Crippen molar-refractivity contribution in [2.45, 2.75) is 44.6 Å². The minimum atomic E-state index is -2.70. The van der Waals surface area contributed by atoms with Gasteiger partial charge in [0.05, 0.1) is 10.5 Å². The van der Waals surface area contributed by atoms with Crippen LogP contribution in [0.1, 0.15) is 34.1 Å². The van der Waals surface area contributed by atoms with E-state index in [1.54, 1.807) is 13.8 Å². The van der Waals surface area contributed by atoms with Crippen molar-refractivity contribution >= 4 is 9.84 Å². The first-order valence-corrected chi connectivity index (χ1v) is 4.89. The third-order valence-electron chi connectivity index (χ3n) is 1.65. The molecule has 2 nitrogen and oxygen atoms in total. The average molecular weight is 164 g/mol. The van der Waals surface area contributed by atoms with Crippen molar-refractivity contribution in [2.24, 2.45) is 0 Å². The zero-order chi connectivity index (χ0) is 7.07. The third kappa shape index (κ3) is 1.72. The van der Waals surface area contributed by atoms with Crippen LogP contribution >= 0.6 is 0 Å². The molecule has 1 rings (SSSR count). The van der Waals surface area contributed by atoms with Crippen molar-refractivity contribution in [1.82, 2.24) is 0 Å². The molecule has 0 radical (unpaired) electrons. The van der Waals surface area contributed by atoms with Crippen LogP contribution in [0.25, 0.3) is 0 Å².